The molecule has 23 heavy (non-hydrogen) atoms. The zero-order chi connectivity index (χ0) is 17.0. The molecule has 0 bridgehead atoms. The van der Waals surface area contributed by atoms with Crippen LogP contribution in [-0.4, -0.2) is 23.7 Å². The average Bonchev–Trinajstić information content (AvgIpc) is 2.54. The minimum Gasteiger partial charge on any atom is -0.493 e. The summed E-state index contributed by atoms with van der Waals surface area (Å²) in [6, 6.07) is 6.36. The van der Waals surface area contributed by atoms with Crippen molar-refractivity contribution in [1.29, 1.82) is 0 Å². The lowest BCUT2D eigenvalue weighted by Gasteiger charge is -2.15. The molecule has 2 aromatic carbocycles. The number of hydrogen-bond acceptors (Lipinski definition) is 5. The van der Waals surface area contributed by atoms with Crippen molar-refractivity contribution in [2.24, 2.45) is 0 Å². The second-order valence-electron chi connectivity index (χ2n) is 4.58. The first kappa shape index (κ1) is 16.6. The van der Waals surface area contributed by atoms with Gasteiger partial charge in [0.25, 0.3) is 5.69 Å². The third-order valence-corrected chi connectivity index (χ3v) is 3.07. The number of halogens is 2. The lowest BCUT2D eigenvalue weighted by atomic mass is 10.1. The van der Waals surface area contributed by atoms with Gasteiger partial charge in [0.15, 0.2) is 11.5 Å². The van der Waals surface area contributed by atoms with Gasteiger partial charge in [-0.15, -0.1) is 0 Å². The summed E-state index contributed by atoms with van der Waals surface area (Å²) >= 11 is 0. The maximum atomic E-state index is 13.6. The molecule has 1 N–H and O–H groups in total. The summed E-state index contributed by atoms with van der Waals surface area (Å²) in [6.07, 6.45) is -1.45. The maximum Gasteiger partial charge on any atom is 0.273 e. The fraction of sp³-hybridized carbons (Fsp3) is 0.200. The number of aliphatic hydroxyl groups excluding tert-OH is 1. The zero-order valence-corrected chi connectivity index (χ0v) is 12.0. The molecule has 0 saturated heterocycles. The van der Waals surface area contributed by atoms with E-state index in [2.05, 4.69) is 0 Å². The van der Waals surface area contributed by atoms with Crippen molar-refractivity contribution >= 4 is 5.69 Å². The minimum atomic E-state index is -1.45. The highest BCUT2D eigenvalue weighted by Crippen LogP contribution is 2.32. The lowest BCUT2D eigenvalue weighted by Crippen LogP contribution is -2.12. The normalized spacial score (nSPS) is 11.8. The Balaban J connectivity index is 2.18. The highest BCUT2D eigenvalue weighted by Gasteiger charge is 2.17. The van der Waals surface area contributed by atoms with Gasteiger partial charge < -0.3 is 14.6 Å². The van der Waals surface area contributed by atoms with Crippen molar-refractivity contribution in [3.63, 3.8) is 0 Å². The smallest absolute Gasteiger partial charge is 0.273 e. The quantitative estimate of drug-likeness (QED) is 0.652. The molecule has 0 aliphatic carbocycles. The standard InChI is InChI=1S/C15H13F2NO5/c1-22-14-5-3-10(18(20)21)7-15(14)23-8-13(19)11-6-9(16)2-4-12(11)17/h2-7,13,19H,8H2,1H3. The molecule has 1 atom stereocenters. The second-order valence-corrected chi connectivity index (χ2v) is 4.58. The van der Waals surface area contributed by atoms with Crippen molar-refractivity contribution in [3.05, 3.63) is 63.7 Å². The van der Waals surface area contributed by atoms with Gasteiger partial charge in [-0.2, -0.15) is 0 Å². The van der Waals surface area contributed by atoms with Gasteiger partial charge in [-0.1, -0.05) is 0 Å². The molecule has 0 aliphatic heterocycles. The van der Waals surface area contributed by atoms with Crippen LogP contribution in [0.4, 0.5) is 14.5 Å². The van der Waals surface area contributed by atoms with Gasteiger partial charge >= 0.3 is 0 Å². The molecule has 8 heteroatoms. The molecule has 0 fully saturated rings. The van der Waals surface area contributed by atoms with E-state index >= 15 is 0 Å². The molecule has 0 amide bonds. The van der Waals surface area contributed by atoms with E-state index in [4.69, 9.17) is 9.47 Å². The summed E-state index contributed by atoms with van der Waals surface area (Å²) in [5.74, 6) is -1.26. The van der Waals surface area contributed by atoms with Gasteiger partial charge in [0.1, 0.15) is 24.3 Å². The molecule has 1 unspecified atom stereocenters. The Hall–Kier alpha value is -2.74. The van der Waals surface area contributed by atoms with Crippen LogP contribution in [-0.2, 0) is 0 Å². The van der Waals surface area contributed by atoms with Crippen molar-refractivity contribution in [2.45, 2.75) is 6.10 Å². The van der Waals surface area contributed by atoms with Gasteiger partial charge in [-0.3, -0.25) is 10.1 Å². The molecule has 0 aromatic heterocycles. The van der Waals surface area contributed by atoms with Crippen LogP contribution in [0.1, 0.15) is 11.7 Å². The first-order valence-corrected chi connectivity index (χ1v) is 6.50. The van der Waals surface area contributed by atoms with E-state index in [1.54, 1.807) is 0 Å². The fourth-order valence-electron chi connectivity index (χ4n) is 1.92. The summed E-state index contributed by atoms with van der Waals surface area (Å²) in [4.78, 5) is 10.1. The van der Waals surface area contributed by atoms with E-state index in [-0.39, 0.29) is 22.7 Å². The van der Waals surface area contributed by atoms with Gasteiger partial charge in [0, 0.05) is 11.6 Å². The van der Waals surface area contributed by atoms with Crippen LogP contribution >= 0.6 is 0 Å². The first-order valence-electron chi connectivity index (χ1n) is 6.50. The Kier molecular flexibility index (Phi) is 5.07. The Morgan fingerprint density at radius 3 is 2.61 bits per heavy atom. The van der Waals surface area contributed by atoms with Crippen molar-refractivity contribution in [3.8, 4) is 11.5 Å². The summed E-state index contributed by atoms with van der Waals surface area (Å²) in [6.45, 7) is -0.433. The number of methoxy groups -OCH3 is 1. The van der Waals surface area contributed by atoms with Crippen LogP contribution in [0.15, 0.2) is 36.4 Å². The number of nitrogens with zero attached hydrogens (tertiary/aromatic N) is 1. The molecular weight excluding hydrogens is 312 g/mol. The van der Waals surface area contributed by atoms with E-state index < -0.39 is 29.3 Å². The number of benzene rings is 2. The number of hydrogen-bond donors (Lipinski definition) is 1. The monoisotopic (exact) mass is 325 g/mol. The van der Waals surface area contributed by atoms with E-state index in [1.807, 2.05) is 0 Å². The maximum absolute atomic E-state index is 13.6. The first-order chi connectivity index (χ1) is 10.9. The average molecular weight is 325 g/mol. The third-order valence-electron chi connectivity index (χ3n) is 3.07. The number of nitro benzene ring substituents is 1. The number of aliphatic hydroxyl groups is 1. The Morgan fingerprint density at radius 1 is 1.22 bits per heavy atom. The third kappa shape index (κ3) is 3.92. The predicted molar refractivity (Wildman–Crippen MR) is 76.5 cm³/mol. The number of ether oxygens (including phenoxy) is 2. The molecule has 0 saturated carbocycles. The predicted octanol–water partition coefficient (Wildman–Crippen LogP) is 2.99. The van der Waals surface area contributed by atoms with E-state index in [0.717, 1.165) is 24.3 Å². The molecule has 0 aliphatic rings. The topological polar surface area (TPSA) is 81.8 Å². The Morgan fingerprint density at radius 2 is 1.96 bits per heavy atom. The van der Waals surface area contributed by atoms with Gasteiger partial charge in [-0.05, 0) is 24.3 Å². The highest BCUT2D eigenvalue weighted by molar-refractivity contribution is 5.48. The van der Waals surface area contributed by atoms with Gasteiger partial charge in [0.05, 0.1) is 18.1 Å². The Bertz CT molecular complexity index is 723. The van der Waals surface area contributed by atoms with Gasteiger partial charge in [0.2, 0.25) is 0 Å². The summed E-state index contributed by atoms with van der Waals surface area (Å²) in [5.41, 5.74) is -0.498. The Labute approximate surface area is 130 Å². The molecule has 0 radical (unpaired) electrons. The second kappa shape index (κ2) is 7.01. The van der Waals surface area contributed by atoms with Crippen molar-refractivity contribution in [2.75, 3.05) is 13.7 Å². The van der Waals surface area contributed by atoms with E-state index in [9.17, 15) is 24.0 Å². The summed E-state index contributed by atoms with van der Waals surface area (Å²) in [5, 5.41) is 20.7. The van der Waals surface area contributed by atoms with Crippen LogP contribution in [0.3, 0.4) is 0 Å². The molecular formula is C15H13F2NO5. The molecule has 2 rings (SSSR count). The summed E-state index contributed by atoms with van der Waals surface area (Å²) < 4.78 is 36.9. The van der Waals surface area contributed by atoms with Gasteiger partial charge in [-0.25, -0.2) is 8.78 Å². The van der Waals surface area contributed by atoms with Crippen molar-refractivity contribution in [1.82, 2.24) is 0 Å². The SMILES string of the molecule is COc1ccc([N+](=O)[O-])cc1OCC(O)c1cc(F)ccc1F. The van der Waals surface area contributed by atoms with Crippen LogP contribution in [0, 0.1) is 21.7 Å². The fourth-order valence-corrected chi connectivity index (χ4v) is 1.92. The van der Waals surface area contributed by atoms with Crippen LogP contribution in [0.25, 0.3) is 0 Å². The van der Waals surface area contributed by atoms with Crippen molar-refractivity contribution < 1.29 is 28.3 Å². The number of nitro groups is 1. The van der Waals surface area contributed by atoms with Crippen LogP contribution in [0.5, 0.6) is 11.5 Å². The van der Waals surface area contributed by atoms with Crippen LogP contribution in [0.2, 0.25) is 0 Å². The summed E-state index contributed by atoms with van der Waals surface area (Å²) in [7, 11) is 1.34. The van der Waals surface area contributed by atoms with E-state index in [0.29, 0.717) is 0 Å². The highest BCUT2D eigenvalue weighted by atomic mass is 19.1. The number of non-ortho nitro benzene ring substituents is 1. The molecule has 122 valence electrons. The molecule has 0 spiro atoms. The largest absolute Gasteiger partial charge is 0.493 e. The number of rotatable bonds is 6. The minimum absolute atomic E-state index is 0.0116. The molecule has 6 nitrogen and oxygen atoms in total. The molecule has 0 heterocycles. The van der Waals surface area contributed by atoms with Crippen LogP contribution < -0.4 is 9.47 Å². The zero-order valence-electron chi connectivity index (χ0n) is 12.0. The van der Waals surface area contributed by atoms with E-state index in [1.165, 1.54) is 19.2 Å². The molecule has 2 aromatic rings. The lowest BCUT2D eigenvalue weighted by molar-refractivity contribution is -0.385.